The Morgan fingerprint density at radius 1 is 1.25 bits per heavy atom. The largest absolute Gasteiger partial charge is 0.372 e. The molecule has 1 amide bonds. The molecule has 0 bridgehead atoms. The highest BCUT2D eigenvalue weighted by Crippen LogP contribution is 2.20. The van der Waals surface area contributed by atoms with E-state index in [1.807, 2.05) is 18.2 Å². The second kappa shape index (κ2) is 4.99. The smallest absolute Gasteiger partial charge is 0.265 e. The highest BCUT2D eigenvalue weighted by molar-refractivity contribution is 5.94. The van der Waals surface area contributed by atoms with Gasteiger partial charge in [0, 0.05) is 24.3 Å². The zero-order chi connectivity index (χ0) is 11.4. The molecule has 2 rings (SSSR count). The lowest BCUT2D eigenvalue weighted by molar-refractivity contribution is 0.0953. The topological polar surface area (TPSA) is 58.4 Å². The molecule has 1 aliphatic heterocycles. The fourth-order valence-electron chi connectivity index (χ4n) is 2.08. The number of nitrogen functional groups attached to an aromatic ring is 1. The third-order valence-electron chi connectivity index (χ3n) is 2.96. The molecule has 86 valence electrons. The minimum absolute atomic E-state index is 0.237. The molecule has 1 aromatic rings. The Kier molecular flexibility index (Phi) is 3.41. The highest BCUT2D eigenvalue weighted by Gasteiger charge is 2.12. The van der Waals surface area contributed by atoms with E-state index in [1.165, 1.54) is 19.3 Å². The Morgan fingerprint density at radius 2 is 2.00 bits per heavy atom. The van der Waals surface area contributed by atoms with Gasteiger partial charge in [-0.3, -0.25) is 10.2 Å². The summed E-state index contributed by atoms with van der Waals surface area (Å²) >= 11 is 0. The number of hydrogen-bond acceptors (Lipinski definition) is 3. The van der Waals surface area contributed by atoms with Gasteiger partial charge in [0.15, 0.2) is 0 Å². The van der Waals surface area contributed by atoms with Gasteiger partial charge < -0.3 is 4.90 Å². The number of carbonyl (C=O) groups excluding carboxylic acids is 1. The van der Waals surface area contributed by atoms with Gasteiger partial charge in [-0.2, -0.15) is 0 Å². The average Bonchev–Trinajstić information content (AvgIpc) is 2.39. The molecule has 1 saturated heterocycles. The van der Waals surface area contributed by atoms with Gasteiger partial charge in [-0.05, 0) is 37.5 Å². The van der Waals surface area contributed by atoms with E-state index in [9.17, 15) is 4.79 Å². The van der Waals surface area contributed by atoms with Crippen LogP contribution in [0.3, 0.4) is 0 Å². The molecular weight excluding hydrogens is 202 g/mol. The first kappa shape index (κ1) is 11.0. The van der Waals surface area contributed by atoms with Crippen LogP contribution in [0.25, 0.3) is 0 Å². The van der Waals surface area contributed by atoms with Crippen molar-refractivity contribution in [2.45, 2.75) is 19.3 Å². The summed E-state index contributed by atoms with van der Waals surface area (Å²) in [6, 6.07) is 7.61. The van der Waals surface area contributed by atoms with Gasteiger partial charge in [-0.25, -0.2) is 5.84 Å². The Hall–Kier alpha value is -1.55. The van der Waals surface area contributed by atoms with Crippen LogP contribution in [0.4, 0.5) is 5.69 Å². The molecule has 0 aliphatic carbocycles. The summed E-state index contributed by atoms with van der Waals surface area (Å²) in [5.74, 6) is 4.88. The Balaban J connectivity index is 2.17. The first-order chi connectivity index (χ1) is 7.81. The number of carbonyl (C=O) groups is 1. The van der Waals surface area contributed by atoms with Crippen molar-refractivity contribution in [2.24, 2.45) is 5.84 Å². The number of anilines is 1. The second-order valence-corrected chi connectivity index (χ2v) is 4.07. The highest BCUT2D eigenvalue weighted by atomic mass is 16.2. The van der Waals surface area contributed by atoms with Crippen LogP contribution in [0.5, 0.6) is 0 Å². The zero-order valence-electron chi connectivity index (χ0n) is 9.28. The normalized spacial score (nSPS) is 15.9. The van der Waals surface area contributed by atoms with Crippen molar-refractivity contribution in [2.75, 3.05) is 18.0 Å². The monoisotopic (exact) mass is 219 g/mol. The fourth-order valence-corrected chi connectivity index (χ4v) is 2.08. The first-order valence-electron chi connectivity index (χ1n) is 5.67. The predicted molar refractivity (Wildman–Crippen MR) is 64.2 cm³/mol. The molecule has 0 radical (unpaired) electrons. The van der Waals surface area contributed by atoms with Crippen LogP contribution in [0, 0.1) is 0 Å². The molecule has 4 heteroatoms. The van der Waals surface area contributed by atoms with Gasteiger partial charge in [0.1, 0.15) is 0 Å². The molecule has 0 unspecified atom stereocenters. The lowest BCUT2D eigenvalue weighted by Gasteiger charge is -2.29. The van der Waals surface area contributed by atoms with Crippen molar-refractivity contribution in [3.05, 3.63) is 29.8 Å². The summed E-state index contributed by atoms with van der Waals surface area (Å²) in [5, 5.41) is 0. The molecule has 0 spiro atoms. The Labute approximate surface area is 95.4 Å². The van der Waals surface area contributed by atoms with Crippen molar-refractivity contribution in [3.63, 3.8) is 0 Å². The molecule has 1 heterocycles. The van der Waals surface area contributed by atoms with E-state index in [0.717, 1.165) is 18.8 Å². The summed E-state index contributed by atoms with van der Waals surface area (Å²) in [5.41, 5.74) is 3.88. The van der Waals surface area contributed by atoms with Gasteiger partial charge >= 0.3 is 0 Å². The quantitative estimate of drug-likeness (QED) is 0.447. The Bertz CT molecular complexity index is 372. The fraction of sp³-hybridized carbons (Fsp3) is 0.417. The van der Waals surface area contributed by atoms with Crippen LogP contribution in [-0.2, 0) is 0 Å². The van der Waals surface area contributed by atoms with E-state index < -0.39 is 0 Å². The molecule has 16 heavy (non-hydrogen) atoms. The van der Waals surface area contributed by atoms with Crippen molar-refractivity contribution < 1.29 is 4.79 Å². The first-order valence-corrected chi connectivity index (χ1v) is 5.67. The van der Waals surface area contributed by atoms with Gasteiger partial charge in [0.25, 0.3) is 5.91 Å². The number of nitrogens with zero attached hydrogens (tertiary/aromatic N) is 1. The van der Waals surface area contributed by atoms with Crippen LogP contribution in [-0.4, -0.2) is 19.0 Å². The predicted octanol–water partition coefficient (Wildman–Crippen LogP) is 1.28. The number of nitrogens with one attached hydrogen (secondary N) is 1. The zero-order valence-corrected chi connectivity index (χ0v) is 9.28. The van der Waals surface area contributed by atoms with Crippen molar-refractivity contribution >= 4 is 11.6 Å². The van der Waals surface area contributed by atoms with Gasteiger partial charge in [0.05, 0.1) is 0 Å². The number of nitrogens with two attached hydrogens (primary N) is 1. The van der Waals surface area contributed by atoms with E-state index in [0.29, 0.717) is 5.56 Å². The summed E-state index contributed by atoms with van der Waals surface area (Å²) in [7, 11) is 0. The van der Waals surface area contributed by atoms with E-state index >= 15 is 0 Å². The molecule has 3 N–H and O–H groups in total. The number of piperidine rings is 1. The summed E-state index contributed by atoms with van der Waals surface area (Å²) < 4.78 is 0. The summed E-state index contributed by atoms with van der Waals surface area (Å²) in [6.07, 6.45) is 3.76. The third kappa shape index (κ3) is 2.33. The molecule has 0 saturated carbocycles. The molecule has 0 aromatic heterocycles. The van der Waals surface area contributed by atoms with E-state index in [4.69, 9.17) is 5.84 Å². The lowest BCUT2D eigenvalue weighted by atomic mass is 10.1. The summed E-state index contributed by atoms with van der Waals surface area (Å²) in [4.78, 5) is 13.7. The van der Waals surface area contributed by atoms with Gasteiger partial charge in [0.2, 0.25) is 0 Å². The second-order valence-electron chi connectivity index (χ2n) is 4.07. The summed E-state index contributed by atoms with van der Waals surface area (Å²) in [6.45, 7) is 2.15. The van der Waals surface area contributed by atoms with Crippen molar-refractivity contribution in [3.8, 4) is 0 Å². The van der Waals surface area contributed by atoms with Crippen molar-refractivity contribution in [1.82, 2.24) is 5.43 Å². The minimum atomic E-state index is -0.237. The lowest BCUT2D eigenvalue weighted by Crippen LogP contribution is -2.31. The van der Waals surface area contributed by atoms with Crippen molar-refractivity contribution in [1.29, 1.82) is 0 Å². The number of amides is 1. The number of benzene rings is 1. The molecule has 4 nitrogen and oxygen atoms in total. The number of hydrazine groups is 1. The minimum Gasteiger partial charge on any atom is -0.372 e. The third-order valence-corrected chi connectivity index (χ3v) is 2.96. The maximum Gasteiger partial charge on any atom is 0.265 e. The van der Waals surface area contributed by atoms with E-state index in [2.05, 4.69) is 10.3 Å². The number of hydrogen-bond donors (Lipinski definition) is 2. The van der Waals surface area contributed by atoms with Gasteiger partial charge in [-0.15, -0.1) is 0 Å². The Morgan fingerprint density at radius 3 is 2.69 bits per heavy atom. The number of rotatable bonds is 2. The average molecular weight is 219 g/mol. The SMILES string of the molecule is NNC(=O)c1cccc(N2CCCCC2)c1. The van der Waals surface area contributed by atoms with E-state index in [-0.39, 0.29) is 5.91 Å². The molecule has 1 fully saturated rings. The standard InChI is InChI=1S/C12H17N3O/c13-14-12(16)10-5-4-6-11(9-10)15-7-2-1-3-8-15/h4-6,9H,1-3,7-8,13H2,(H,14,16). The van der Waals surface area contributed by atoms with Crippen LogP contribution in [0.1, 0.15) is 29.6 Å². The van der Waals surface area contributed by atoms with Gasteiger partial charge in [-0.1, -0.05) is 6.07 Å². The van der Waals surface area contributed by atoms with Crippen LogP contribution in [0.2, 0.25) is 0 Å². The van der Waals surface area contributed by atoms with Crippen LogP contribution in [0.15, 0.2) is 24.3 Å². The van der Waals surface area contributed by atoms with Crippen LogP contribution < -0.4 is 16.2 Å². The molecular formula is C12H17N3O. The maximum atomic E-state index is 11.4. The van der Waals surface area contributed by atoms with E-state index in [1.54, 1.807) is 6.07 Å². The molecule has 0 atom stereocenters. The maximum absolute atomic E-state index is 11.4. The molecule has 1 aliphatic rings. The molecule has 1 aromatic carbocycles. The van der Waals surface area contributed by atoms with Crippen LogP contribution >= 0.6 is 0 Å².